The predicted molar refractivity (Wildman–Crippen MR) is 137 cm³/mol. The maximum Gasteiger partial charge on any atom is 0.326 e. The van der Waals surface area contributed by atoms with E-state index in [-0.39, 0.29) is 17.6 Å². The van der Waals surface area contributed by atoms with Crippen LogP contribution in [0.2, 0.25) is 0 Å². The molecule has 1 saturated heterocycles. The molecule has 34 heavy (non-hydrogen) atoms. The Balaban J connectivity index is 1.10. The molecule has 1 N–H and O–H groups in total. The van der Waals surface area contributed by atoms with Crippen LogP contribution < -0.4 is 5.69 Å². The van der Waals surface area contributed by atoms with Crippen LogP contribution >= 0.6 is 0 Å². The molecule has 0 aliphatic carbocycles. The minimum absolute atomic E-state index is 0.0172. The molecule has 6 rings (SSSR count). The average molecular weight is 453 g/mol. The van der Waals surface area contributed by atoms with Gasteiger partial charge in [0.1, 0.15) is 0 Å². The first-order valence-electron chi connectivity index (χ1n) is 12.1. The molecule has 1 fully saturated rings. The summed E-state index contributed by atoms with van der Waals surface area (Å²) in [5, 5.41) is 2.25. The van der Waals surface area contributed by atoms with Gasteiger partial charge in [0, 0.05) is 36.3 Å². The summed E-state index contributed by atoms with van der Waals surface area (Å²) in [4.78, 5) is 31.2. The number of aromatic nitrogens is 3. The van der Waals surface area contributed by atoms with Crippen LogP contribution in [0.1, 0.15) is 36.5 Å². The van der Waals surface area contributed by atoms with Crippen molar-refractivity contribution in [1.82, 2.24) is 19.0 Å². The third kappa shape index (κ3) is 3.55. The van der Waals surface area contributed by atoms with Gasteiger partial charge in [-0.25, -0.2) is 4.79 Å². The molecule has 0 atom stereocenters. The minimum atomic E-state index is -0.0172. The van der Waals surface area contributed by atoms with Crippen LogP contribution in [0.3, 0.4) is 0 Å². The summed E-state index contributed by atoms with van der Waals surface area (Å²) in [7, 11) is 0. The summed E-state index contributed by atoms with van der Waals surface area (Å²) in [5.74, 6) is 0.151. The van der Waals surface area contributed by atoms with Crippen molar-refractivity contribution in [2.75, 3.05) is 19.6 Å². The predicted octanol–water partition coefficient (Wildman–Crippen LogP) is 5.20. The Kier molecular flexibility index (Phi) is 5.30. The molecule has 6 nitrogen and oxygen atoms in total. The van der Waals surface area contributed by atoms with Crippen molar-refractivity contribution in [2.45, 2.75) is 31.7 Å². The summed E-state index contributed by atoms with van der Waals surface area (Å²) >= 11 is 0. The van der Waals surface area contributed by atoms with E-state index < -0.39 is 0 Å². The van der Waals surface area contributed by atoms with E-state index >= 15 is 0 Å². The van der Waals surface area contributed by atoms with Gasteiger partial charge >= 0.3 is 5.69 Å². The van der Waals surface area contributed by atoms with Crippen LogP contribution in [0.5, 0.6) is 0 Å². The van der Waals surface area contributed by atoms with Gasteiger partial charge < -0.3 is 9.88 Å². The fourth-order valence-electron chi connectivity index (χ4n) is 5.59. The van der Waals surface area contributed by atoms with Crippen LogP contribution in [0, 0.1) is 0 Å². The topological polar surface area (TPSA) is 63.0 Å². The van der Waals surface area contributed by atoms with Gasteiger partial charge in [-0.3, -0.25) is 13.9 Å². The molecule has 0 saturated carbocycles. The van der Waals surface area contributed by atoms with Gasteiger partial charge in [0.15, 0.2) is 0 Å². The van der Waals surface area contributed by atoms with Crippen molar-refractivity contribution in [3.05, 3.63) is 83.3 Å². The summed E-state index contributed by atoms with van der Waals surface area (Å²) < 4.78 is 3.82. The molecule has 6 heteroatoms. The SMILES string of the molecule is O=C(CCCN1CCC(n2c(=O)[nH]c3ccccc32)CC1)n1c2ccccc2c2ccccc21. The van der Waals surface area contributed by atoms with E-state index in [0.717, 1.165) is 71.7 Å². The number of aromatic amines is 1. The highest BCUT2D eigenvalue weighted by atomic mass is 16.2. The Labute approximate surface area is 197 Å². The fourth-order valence-corrected chi connectivity index (χ4v) is 5.59. The monoisotopic (exact) mass is 452 g/mol. The number of nitrogens with one attached hydrogen (secondary N) is 1. The molecule has 1 aliphatic rings. The van der Waals surface area contributed by atoms with E-state index in [9.17, 15) is 9.59 Å². The Morgan fingerprint density at radius 2 is 1.41 bits per heavy atom. The zero-order chi connectivity index (χ0) is 23.1. The largest absolute Gasteiger partial charge is 0.326 e. The lowest BCUT2D eigenvalue weighted by atomic mass is 10.0. The number of hydrogen-bond donors (Lipinski definition) is 1. The maximum absolute atomic E-state index is 13.2. The highest BCUT2D eigenvalue weighted by molar-refractivity contribution is 6.13. The standard InChI is InChI=1S/C28H28N4O2/c33-27(32-24-11-4-1-8-21(24)22-9-2-5-12-25(22)32)14-7-17-30-18-15-20(16-19-30)31-26-13-6-3-10-23(26)29-28(31)34/h1-6,8-13,20H,7,14-19H2,(H,29,34). The van der Waals surface area contributed by atoms with Gasteiger partial charge in [-0.05, 0) is 50.1 Å². The van der Waals surface area contributed by atoms with E-state index in [1.54, 1.807) is 0 Å². The van der Waals surface area contributed by atoms with Crippen molar-refractivity contribution >= 4 is 38.7 Å². The van der Waals surface area contributed by atoms with Crippen molar-refractivity contribution in [3.63, 3.8) is 0 Å². The summed E-state index contributed by atoms with van der Waals surface area (Å²) in [6.07, 6.45) is 3.24. The number of fused-ring (bicyclic) bond motifs is 4. The molecule has 5 aromatic rings. The van der Waals surface area contributed by atoms with Gasteiger partial charge in [0.25, 0.3) is 0 Å². The first-order chi connectivity index (χ1) is 16.7. The summed E-state index contributed by atoms with van der Waals surface area (Å²) in [6, 6.07) is 24.4. The van der Waals surface area contributed by atoms with E-state index in [2.05, 4.69) is 22.0 Å². The highest BCUT2D eigenvalue weighted by Gasteiger charge is 2.23. The number of likely N-dealkylation sites (tertiary alicyclic amines) is 1. The van der Waals surface area contributed by atoms with E-state index in [1.807, 2.05) is 69.8 Å². The Hall–Kier alpha value is -3.64. The Morgan fingerprint density at radius 3 is 2.09 bits per heavy atom. The second kappa shape index (κ2) is 8.61. The third-order valence-corrected chi connectivity index (χ3v) is 7.24. The minimum Gasteiger partial charge on any atom is -0.306 e. The Bertz CT molecular complexity index is 1500. The number of H-pyrrole nitrogens is 1. The summed E-state index contributed by atoms with van der Waals surface area (Å²) in [5.41, 5.74) is 3.84. The number of carbonyl (C=O) groups excluding carboxylic acids is 1. The molecule has 172 valence electrons. The van der Waals surface area contributed by atoms with Gasteiger partial charge in [0.05, 0.1) is 22.1 Å². The molecule has 2 aromatic heterocycles. The van der Waals surface area contributed by atoms with Crippen molar-refractivity contribution in [1.29, 1.82) is 0 Å². The van der Waals surface area contributed by atoms with Gasteiger partial charge in [-0.1, -0.05) is 48.5 Å². The fraction of sp³-hybridized carbons (Fsp3) is 0.286. The first-order valence-corrected chi connectivity index (χ1v) is 12.1. The molecular formula is C28H28N4O2. The number of hydrogen-bond acceptors (Lipinski definition) is 3. The number of rotatable bonds is 5. The average Bonchev–Trinajstić information content (AvgIpc) is 3.39. The number of imidazole rings is 1. The number of nitrogens with zero attached hydrogens (tertiary/aromatic N) is 3. The molecule has 1 aliphatic heterocycles. The third-order valence-electron chi connectivity index (χ3n) is 7.24. The second-order valence-corrected chi connectivity index (χ2v) is 9.26. The van der Waals surface area contributed by atoms with Crippen molar-refractivity contribution in [2.24, 2.45) is 0 Å². The van der Waals surface area contributed by atoms with Crippen LogP contribution in [-0.4, -0.2) is 44.6 Å². The smallest absolute Gasteiger partial charge is 0.306 e. The second-order valence-electron chi connectivity index (χ2n) is 9.26. The molecule has 0 radical (unpaired) electrons. The van der Waals surface area contributed by atoms with Gasteiger partial charge in [-0.2, -0.15) is 0 Å². The van der Waals surface area contributed by atoms with Crippen LogP contribution in [0.25, 0.3) is 32.8 Å². The van der Waals surface area contributed by atoms with Gasteiger partial charge in [-0.15, -0.1) is 0 Å². The van der Waals surface area contributed by atoms with Crippen LogP contribution in [-0.2, 0) is 0 Å². The highest BCUT2D eigenvalue weighted by Crippen LogP contribution is 2.29. The van der Waals surface area contributed by atoms with Crippen molar-refractivity contribution < 1.29 is 4.79 Å². The number of para-hydroxylation sites is 4. The molecule has 0 bridgehead atoms. The lowest BCUT2D eigenvalue weighted by Crippen LogP contribution is -2.37. The van der Waals surface area contributed by atoms with E-state index in [0.29, 0.717) is 6.42 Å². The van der Waals surface area contributed by atoms with Crippen molar-refractivity contribution in [3.8, 4) is 0 Å². The summed E-state index contributed by atoms with van der Waals surface area (Å²) in [6.45, 7) is 2.79. The lowest BCUT2D eigenvalue weighted by Gasteiger charge is -2.32. The normalized spacial score (nSPS) is 15.5. The Morgan fingerprint density at radius 1 is 0.824 bits per heavy atom. The molecule has 3 aromatic carbocycles. The molecular weight excluding hydrogens is 424 g/mol. The number of carbonyl (C=O) groups is 1. The lowest BCUT2D eigenvalue weighted by molar-refractivity contribution is 0.0901. The van der Waals surface area contributed by atoms with Crippen LogP contribution in [0.15, 0.2) is 77.6 Å². The quantitative estimate of drug-likeness (QED) is 0.399. The number of piperidine rings is 1. The van der Waals surface area contributed by atoms with E-state index in [1.165, 1.54) is 0 Å². The molecule has 3 heterocycles. The van der Waals surface area contributed by atoms with Crippen LogP contribution in [0.4, 0.5) is 0 Å². The number of benzene rings is 3. The maximum atomic E-state index is 13.2. The molecule has 0 unspecified atom stereocenters. The van der Waals surface area contributed by atoms with E-state index in [4.69, 9.17) is 0 Å². The zero-order valence-electron chi connectivity index (χ0n) is 19.1. The zero-order valence-corrected chi connectivity index (χ0v) is 19.1. The molecule has 0 amide bonds. The molecule has 0 spiro atoms. The van der Waals surface area contributed by atoms with Gasteiger partial charge in [0.2, 0.25) is 5.91 Å². The first kappa shape index (κ1) is 20.9.